The second-order valence-corrected chi connectivity index (χ2v) is 6.93. The zero-order valence-corrected chi connectivity index (χ0v) is 14.1. The van der Waals surface area contributed by atoms with Gasteiger partial charge in [0.15, 0.2) is 0 Å². The molecule has 1 unspecified atom stereocenters. The lowest BCUT2D eigenvalue weighted by Crippen LogP contribution is -2.12. The SMILES string of the molecule is COc1ccc2c(C(=O)C3=NC(C(C)C)CS3)cn(C)c2c1. The molecule has 1 aliphatic rings. The maximum atomic E-state index is 12.8. The summed E-state index contributed by atoms with van der Waals surface area (Å²) >= 11 is 1.57. The zero-order chi connectivity index (χ0) is 15.9. The quantitative estimate of drug-likeness (QED) is 0.810. The smallest absolute Gasteiger partial charge is 0.219 e. The summed E-state index contributed by atoms with van der Waals surface area (Å²) in [6, 6.07) is 6.03. The lowest BCUT2D eigenvalue weighted by atomic mass is 10.1. The van der Waals surface area contributed by atoms with Crippen molar-refractivity contribution in [3.8, 4) is 5.75 Å². The number of carbonyl (C=O) groups is 1. The topological polar surface area (TPSA) is 43.6 Å². The number of methoxy groups -OCH3 is 1. The molecule has 0 radical (unpaired) electrons. The fourth-order valence-corrected chi connectivity index (χ4v) is 3.88. The molecule has 22 heavy (non-hydrogen) atoms. The lowest BCUT2D eigenvalue weighted by molar-refractivity contribution is 0.107. The van der Waals surface area contributed by atoms with Crippen LogP contribution in [0.1, 0.15) is 24.2 Å². The Morgan fingerprint density at radius 1 is 1.45 bits per heavy atom. The van der Waals surface area contributed by atoms with Crippen molar-refractivity contribution in [2.75, 3.05) is 12.9 Å². The first-order valence-corrected chi connectivity index (χ1v) is 8.38. The molecule has 0 aliphatic carbocycles. The van der Waals surface area contributed by atoms with Gasteiger partial charge in [-0.2, -0.15) is 0 Å². The Bertz CT molecular complexity index is 761. The number of carbonyl (C=O) groups excluding carboxylic acids is 1. The van der Waals surface area contributed by atoms with Gasteiger partial charge in [-0.15, -0.1) is 11.8 Å². The highest BCUT2D eigenvalue weighted by Crippen LogP contribution is 2.30. The number of hydrogen-bond acceptors (Lipinski definition) is 4. The number of nitrogens with zero attached hydrogens (tertiary/aromatic N) is 2. The number of benzene rings is 1. The molecule has 0 saturated heterocycles. The Morgan fingerprint density at radius 2 is 2.23 bits per heavy atom. The van der Waals surface area contributed by atoms with Gasteiger partial charge in [-0.3, -0.25) is 9.79 Å². The molecule has 0 saturated carbocycles. The van der Waals surface area contributed by atoms with Crippen molar-refractivity contribution in [3.63, 3.8) is 0 Å². The average molecular weight is 316 g/mol. The molecule has 1 aromatic carbocycles. The normalized spacial score (nSPS) is 18.0. The number of thioether (sulfide) groups is 1. The second-order valence-electron chi connectivity index (χ2n) is 5.92. The van der Waals surface area contributed by atoms with Crippen LogP contribution in [0.3, 0.4) is 0 Å². The van der Waals surface area contributed by atoms with Gasteiger partial charge in [-0.25, -0.2) is 0 Å². The fourth-order valence-electron chi connectivity index (χ4n) is 2.64. The summed E-state index contributed by atoms with van der Waals surface area (Å²) < 4.78 is 7.22. The van der Waals surface area contributed by atoms with Crippen LogP contribution in [0, 0.1) is 5.92 Å². The highest BCUT2D eigenvalue weighted by atomic mass is 32.2. The molecule has 5 heteroatoms. The summed E-state index contributed by atoms with van der Waals surface area (Å²) in [5.74, 6) is 2.19. The standard InChI is InChI=1S/C17H20N2O2S/c1-10(2)14-9-22-17(18-14)16(20)13-8-19(3)15-7-11(21-4)5-6-12(13)15/h5-8,10,14H,9H2,1-4H3. The number of rotatable bonds is 4. The number of Topliss-reactive ketones (excluding diaryl/α,β-unsaturated/α-hetero) is 1. The van der Waals surface area contributed by atoms with Crippen LogP contribution in [0.2, 0.25) is 0 Å². The van der Waals surface area contributed by atoms with E-state index in [4.69, 9.17) is 4.74 Å². The van der Waals surface area contributed by atoms with E-state index < -0.39 is 0 Å². The summed E-state index contributed by atoms with van der Waals surface area (Å²) in [6.07, 6.45) is 1.89. The van der Waals surface area contributed by atoms with Crippen molar-refractivity contribution in [1.29, 1.82) is 0 Å². The van der Waals surface area contributed by atoms with Crippen molar-refractivity contribution in [2.24, 2.45) is 18.0 Å². The minimum Gasteiger partial charge on any atom is -0.497 e. The van der Waals surface area contributed by atoms with Crippen LogP contribution in [-0.4, -0.2) is 34.3 Å². The molecule has 0 fully saturated rings. The molecule has 0 bridgehead atoms. The summed E-state index contributed by atoms with van der Waals surface area (Å²) in [4.78, 5) is 17.4. The molecule has 0 amide bonds. The molecule has 3 rings (SSSR count). The highest BCUT2D eigenvalue weighted by Gasteiger charge is 2.27. The predicted octanol–water partition coefficient (Wildman–Crippen LogP) is 3.54. The summed E-state index contributed by atoms with van der Waals surface area (Å²) in [5, 5.41) is 1.59. The number of fused-ring (bicyclic) bond motifs is 1. The molecular weight excluding hydrogens is 296 g/mol. The van der Waals surface area contributed by atoms with Gasteiger partial charge in [0.25, 0.3) is 0 Å². The Labute approximate surface area is 134 Å². The summed E-state index contributed by atoms with van der Waals surface area (Å²) in [5.41, 5.74) is 1.71. The van der Waals surface area contributed by atoms with Crippen LogP contribution in [0.15, 0.2) is 29.4 Å². The van der Waals surface area contributed by atoms with Gasteiger partial charge < -0.3 is 9.30 Å². The van der Waals surface area contributed by atoms with Gasteiger partial charge in [0.1, 0.15) is 10.8 Å². The Hall–Kier alpha value is -1.75. The van der Waals surface area contributed by atoms with Gasteiger partial charge in [0.2, 0.25) is 5.78 Å². The van der Waals surface area contributed by atoms with Crippen LogP contribution in [0.5, 0.6) is 5.75 Å². The Morgan fingerprint density at radius 3 is 2.86 bits per heavy atom. The fraction of sp³-hybridized carbons (Fsp3) is 0.412. The van der Waals surface area contributed by atoms with E-state index in [1.807, 2.05) is 36.0 Å². The van der Waals surface area contributed by atoms with Crippen molar-refractivity contribution in [1.82, 2.24) is 4.57 Å². The molecular formula is C17H20N2O2S. The van der Waals surface area contributed by atoms with E-state index >= 15 is 0 Å². The van der Waals surface area contributed by atoms with Crippen molar-refractivity contribution >= 4 is 33.5 Å². The van der Waals surface area contributed by atoms with E-state index in [2.05, 4.69) is 18.8 Å². The van der Waals surface area contributed by atoms with Crippen molar-refractivity contribution in [3.05, 3.63) is 30.0 Å². The van der Waals surface area contributed by atoms with Crippen molar-refractivity contribution < 1.29 is 9.53 Å². The highest BCUT2D eigenvalue weighted by molar-refractivity contribution is 8.16. The van der Waals surface area contributed by atoms with Gasteiger partial charge in [-0.1, -0.05) is 13.8 Å². The van der Waals surface area contributed by atoms with Crippen LogP contribution in [-0.2, 0) is 7.05 Å². The van der Waals surface area contributed by atoms with Crippen molar-refractivity contribution in [2.45, 2.75) is 19.9 Å². The van der Waals surface area contributed by atoms with E-state index in [-0.39, 0.29) is 11.8 Å². The lowest BCUT2D eigenvalue weighted by Gasteiger charge is -2.07. The molecule has 1 aliphatic heterocycles. The second kappa shape index (κ2) is 5.80. The first kappa shape index (κ1) is 15.2. The number of hydrogen-bond donors (Lipinski definition) is 0. The molecule has 0 N–H and O–H groups in total. The summed E-state index contributed by atoms with van der Waals surface area (Å²) in [6.45, 7) is 4.29. The van der Waals surface area contributed by atoms with E-state index in [0.29, 0.717) is 11.0 Å². The van der Waals surface area contributed by atoms with Gasteiger partial charge >= 0.3 is 0 Å². The molecule has 1 aromatic heterocycles. The van der Waals surface area contributed by atoms with Crippen LogP contribution < -0.4 is 4.74 Å². The molecule has 4 nitrogen and oxygen atoms in total. The number of aryl methyl sites for hydroxylation is 1. The van der Waals surface area contributed by atoms with Gasteiger partial charge in [0.05, 0.1) is 24.2 Å². The molecule has 2 heterocycles. The van der Waals surface area contributed by atoms with E-state index in [0.717, 1.165) is 28.0 Å². The Kier molecular flexibility index (Phi) is 4.00. The largest absolute Gasteiger partial charge is 0.497 e. The molecule has 0 spiro atoms. The van der Waals surface area contributed by atoms with Crippen LogP contribution >= 0.6 is 11.8 Å². The maximum absolute atomic E-state index is 12.8. The maximum Gasteiger partial charge on any atom is 0.219 e. The third kappa shape index (κ3) is 2.54. The first-order chi connectivity index (χ1) is 10.5. The van der Waals surface area contributed by atoms with E-state index in [9.17, 15) is 4.79 Å². The molecule has 1 atom stereocenters. The van der Waals surface area contributed by atoms with E-state index in [1.165, 1.54) is 0 Å². The zero-order valence-electron chi connectivity index (χ0n) is 13.3. The minimum absolute atomic E-state index is 0.0314. The third-order valence-corrected chi connectivity index (χ3v) is 5.15. The monoisotopic (exact) mass is 316 g/mol. The number of aromatic nitrogens is 1. The number of aliphatic imine (C=N–C) groups is 1. The average Bonchev–Trinajstić information content (AvgIpc) is 3.12. The molecule has 116 valence electrons. The van der Waals surface area contributed by atoms with Crippen LogP contribution in [0.25, 0.3) is 10.9 Å². The van der Waals surface area contributed by atoms with E-state index in [1.54, 1.807) is 18.9 Å². The van der Waals surface area contributed by atoms with Gasteiger partial charge in [0, 0.05) is 30.4 Å². The number of ether oxygens (including phenoxy) is 1. The Balaban J connectivity index is 2.00. The summed E-state index contributed by atoms with van der Waals surface area (Å²) in [7, 11) is 3.59. The first-order valence-electron chi connectivity index (χ1n) is 7.39. The number of ketones is 1. The van der Waals surface area contributed by atoms with Gasteiger partial charge in [-0.05, 0) is 18.1 Å². The van der Waals surface area contributed by atoms with Crippen LogP contribution in [0.4, 0.5) is 0 Å². The predicted molar refractivity (Wildman–Crippen MR) is 92.3 cm³/mol. The minimum atomic E-state index is 0.0314. The third-order valence-electron chi connectivity index (χ3n) is 4.08. The molecule has 2 aromatic rings.